The molecule has 2 atom stereocenters. The van der Waals surface area contributed by atoms with Crippen LogP contribution in [0.5, 0.6) is 17.2 Å². The molecule has 3 heterocycles. The van der Waals surface area contributed by atoms with E-state index in [2.05, 4.69) is 12.1 Å². The van der Waals surface area contributed by atoms with Crippen molar-refractivity contribution >= 4 is 24.2 Å². The molecule has 10 nitrogen and oxygen atoms in total. The Kier molecular flexibility index (Phi) is 6.75. The first-order chi connectivity index (χ1) is 22.9. The summed E-state index contributed by atoms with van der Waals surface area (Å²) in [6.07, 6.45) is 0.0601. The van der Waals surface area contributed by atoms with Gasteiger partial charge in [-0.2, -0.15) is 0 Å². The monoisotopic (exact) mass is 630 g/mol. The quantitative estimate of drug-likeness (QED) is 0.205. The Hall–Kier alpha value is -5.64. The van der Waals surface area contributed by atoms with Crippen molar-refractivity contribution in [1.82, 2.24) is 9.80 Å². The van der Waals surface area contributed by atoms with E-state index in [-0.39, 0.29) is 43.4 Å². The smallest absolute Gasteiger partial charge is 0.410 e. The van der Waals surface area contributed by atoms with Crippen molar-refractivity contribution in [3.05, 3.63) is 112 Å². The zero-order valence-electron chi connectivity index (χ0n) is 25.7. The topological polar surface area (TPSA) is 112 Å². The molecule has 0 fully saturated rings. The van der Waals surface area contributed by atoms with E-state index in [0.717, 1.165) is 27.2 Å². The Morgan fingerprint density at radius 2 is 1.45 bits per heavy atom. The number of aldehydes is 1. The average molecular weight is 631 g/mol. The van der Waals surface area contributed by atoms with Gasteiger partial charge in [0.2, 0.25) is 6.79 Å². The molecular formula is C37H30N2O8. The highest BCUT2D eigenvalue weighted by Gasteiger charge is 2.48. The van der Waals surface area contributed by atoms with Gasteiger partial charge in [-0.15, -0.1) is 0 Å². The minimum Gasteiger partial charge on any atom is -0.496 e. The summed E-state index contributed by atoms with van der Waals surface area (Å²) in [5.74, 6) is 0.152. The second kappa shape index (κ2) is 11.0. The lowest BCUT2D eigenvalue weighted by atomic mass is 9.85. The Labute approximate surface area is 270 Å². The molecule has 3 aliphatic heterocycles. The fourth-order valence-corrected chi connectivity index (χ4v) is 7.66. The number of nitrogens with zero attached hydrogens (tertiary/aromatic N) is 2. The largest absolute Gasteiger partial charge is 0.496 e. The van der Waals surface area contributed by atoms with Gasteiger partial charge in [-0.25, -0.2) is 4.79 Å². The van der Waals surface area contributed by atoms with Gasteiger partial charge in [0.25, 0.3) is 11.8 Å². The number of carbonyl (C=O) groups excluding carboxylic acids is 4. The van der Waals surface area contributed by atoms with Crippen LogP contribution in [-0.2, 0) is 16.0 Å². The van der Waals surface area contributed by atoms with Crippen LogP contribution >= 0.6 is 0 Å². The van der Waals surface area contributed by atoms with Crippen molar-refractivity contribution in [3.63, 3.8) is 0 Å². The fraction of sp³-hybridized carbons (Fsp3) is 0.243. The summed E-state index contributed by atoms with van der Waals surface area (Å²) in [7, 11) is 1.53. The van der Waals surface area contributed by atoms with Crippen LogP contribution < -0.4 is 14.2 Å². The molecule has 1 aliphatic carbocycles. The van der Waals surface area contributed by atoms with Gasteiger partial charge in [0.15, 0.2) is 11.5 Å². The maximum absolute atomic E-state index is 14.3. The molecular weight excluding hydrogens is 600 g/mol. The van der Waals surface area contributed by atoms with Gasteiger partial charge in [-0.1, -0.05) is 60.7 Å². The Morgan fingerprint density at radius 1 is 0.872 bits per heavy atom. The summed E-state index contributed by atoms with van der Waals surface area (Å²) in [6, 6.07) is 20.6. The lowest BCUT2D eigenvalue weighted by Gasteiger charge is -2.42. The number of hydrogen-bond acceptors (Lipinski definition) is 8. The Morgan fingerprint density at radius 3 is 2.04 bits per heavy atom. The number of rotatable bonds is 6. The molecule has 0 aromatic heterocycles. The van der Waals surface area contributed by atoms with E-state index in [1.165, 1.54) is 12.0 Å². The summed E-state index contributed by atoms with van der Waals surface area (Å²) >= 11 is 0. The third kappa shape index (κ3) is 4.24. The van der Waals surface area contributed by atoms with Crippen LogP contribution in [0.25, 0.3) is 11.1 Å². The highest BCUT2D eigenvalue weighted by molar-refractivity contribution is 6.21. The number of benzene rings is 4. The van der Waals surface area contributed by atoms with E-state index in [1.54, 1.807) is 24.3 Å². The van der Waals surface area contributed by atoms with E-state index in [4.69, 9.17) is 18.9 Å². The zero-order chi connectivity index (χ0) is 32.4. The van der Waals surface area contributed by atoms with Crippen LogP contribution in [0.3, 0.4) is 0 Å². The number of fused-ring (bicyclic) bond motifs is 7. The first-order valence-electron chi connectivity index (χ1n) is 15.5. The summed E-state index contributed by atoms with van der Waals surface area (Å²) < 4.78 is 23.7. The normalized spacial score (nSPS) is 18.9. The third-order valence-corrected chi connectivity index (χ3v) is 9.72. The van der Waals surface area contributed by atoms with Crippen LogP contribution in [0.2, 0.25) is 0 Å². The van der Waals surface area contributed by atoms with E-state index in [1.807, 2.05) is 43.3 Å². The number of imide groups is 1. The molecule has 0 saturated carbocycles. The fourth-order valence-electron chi connectivity index (χ4n) is 7.66. The Bertz CT molecular complexity index is 1920. The zero-order valence-corrected chi connectivity index (χ0v) is 25.7. The van der Waals surface area contributed by atoms with Gasteiger partial charge in [0.1, 0.15) is 18.6 Å². The molecule has 0 bridgehead atoms. The molecule has 0 radical (unpaired) electrons. The molecule has 4 aromatic carbocycles. The van der Waals surface area contributed by atoms with Crippen molar-refractivity contribution in [2.24, 2.45) is 0 Å². The van der Waals surface area contributed by atoms with Crippen molar-refractivity contribution in [2.45, 2.75) is 31.3 Å². The molecule has 0 N–H and O–H groups in total. The lowest BCUT2D eigenvalue weighted by molar-refractivity contribution is -0.113. The average Bonchev–Trinajstić information content (AvgIpc) is 3.78. The predicted molar refractivity (Wildman–Crippen MR) is 169 cm³/mol. The molecule has 8 rings (SSSR count). The van der Waals surface area contributed by atoms with Crippen molar-refractivity contribution in [3.8, 4) is 28.4 Å². The van der Waals surface area contributed by atoms with Crippen molar-refractivity contribution in [2.75, 3.05) is 27.1 Å². The van der Waals surface area contributed by atoms with Crippen LogP contribution in [0.4, 0.5) is 4.79 Å². The summed E-state index contributed by atoms with van der Waals surface area (Å²) in [4.78, 5) is 56.7. The maximum Gasteiger partial charge on any atom is 0.410 e. The standard InChI is InChI=1S/C37H30N2O8/c1-20-32(44-2)28-15-21(17-40)39(37(43)45-18-29-24-11-5-3-9-22(24)23-10-4-6-12-25(23)29)30(31(28)34-33(20)46-19-47-34)16-38-35(41)26-13-7-8-14-27(26)36(38)42/h3-14,17,21,29-30H,15-16,18-19H2,1-2H3/t21-,30-/m1/s1. The van der Waals surface area contributed by atoms with E-state index >= 15 is 0 Å². The molecule has 236 valence electrons. The molecule has 0 unspecified atom stereocenters. The van der Waals surface area contributed by atoms with Crippen LogP contribution in [0, 0.1) is 6.92 Å². The van der Waals surface area contributed by atoms with E-state index in [9.17, 15) is 19.2 Å². The first-order valence-corrected chi connectivity index (χ1v) is 15.5. The summed E-state index contributed by atoms with van der Waals surface area (Å²) in [5.41, 5.74) is 6.67. The minimum atomic E-state index is -1.00. The van der Waals surface area contributed by atoms with Gasteiger partial charge in [0.05, 0.1) is 36.9 Å². The second-order valence-corrected chi connectivity index (χ2v) is 12.0. The number of methoxy groups -OCH3 is 1. The molecule has 0 spiro atoms. The van der Waals surface area contributed by atoms with Crippen LogP contribution in [-0.4, -0.2) is 67.1 Å². The van der Waals surface area contributed by atoms with E-state index in [0.29, 0.717) is 40.2 Å². The molecule has 3 amide bonds. The molecule has 47 heavy (non-hydrogen) atoms. The number of carbonyl (C=O) groups is 4. The van der Waals surface area contributed by atoms with Crippen LogP contribution in [0.15, 0.2) is 72.8 Å². The Balaban J connectivity index is 1.20. The highest BCUT2D eigenvalue weighted by atomic mass is 16.7. The van der Waals surface area contributed by atoms with Crippen molar-refractivity contribution in [1.29, 1.82) is 0 Å². The number of ether oxygens (including phenoxy) is 4. The number of hydrogen-bond donors (Lipinski definition) is 0. The van der Waals surface area contributed by atoms with Crippen molar-refractivity contribution < 1.29 is 38.1 Å². The van der Waals surface area contributed by atoms with Crippen LogP contribution in [0.1, 0.15) is 60.5 Å². The second-order valence-electron chi connectivity index (χ2n) is 12.0. The summed E-state index contributed by atoms with van der Waals surface area (Å²) in [5, 5.41) is 0. The van der Waals surface area contributed by atoms with E-state index < -0.39 is 30.0 Å². The SMILES string of the molecule is COc1c(C)c2c(c3c1C[C@H](C=O)N(C(=O)OCC1c4ccccc4-c4ccccc41)[C@@H]3CN1C(=O)c3ccccc3C1=O)OCO2. The molecule has 0 saturated heterocycles. The third-order valence-electron chi connectivity index (χ3n) is 9.72. The first kappa shape index (κ1) is 28.8. The molecule has 4 aliphatic rings. The van der Waals surface area contributed by atoms with Gasteiger partial charge in [-0.3, -0.25) is 19.4 Å². The van der Waals surface area contributed by atoms with Gasteiger partial charge >= 0.3 is 6.09 Å². The summed E-state index contributed by atoms with van der Waals surface area (Å²) in [6.45, 7) is 1.56. The van der Waals surface area contributed by atoms with Gasteiger partial charge in [-0.05, 0) is 41.3 Å². The minimum absolute atomic E-state index is 0.0243. The molecule has 4 aromatic rings. The lowest BCUT2D eigenvalue weighted by Crippen LogP contribution is -2.52. The number of amides is 3. The highest BCUT2D eigenvalue weighted by Crippen LogP contribution is 2.53. The predicted octanol–water partition coefficient (Wildman–Crippen LogP) is 5.44. The van der Waals surface area contributed by atoms with Gasteiger partial charge in [0, 0.05) is 29.0 Å². The maximum atomic E-state index is 14.3. The molecule has 10 heteroatoms. The van der Waals surface area contributed by atoms with Gasteiger partial charge < -0.3 is 23.7 Å².